The molecule has 0 saturated heterocycles. The van der Waals surface area contributed by atoms with Crippen LogP contribution in [0.15, 0.2) is 29.4 Å². The second-order valence-corrected chi connectivity index (χ2v) is 3.71. The fourth-order valence-electron chi connectivity index (χ4n) is 1.33. The monoisotopic (exact) mass is 279 g/mol. The molecule has 0 radical (unpaired) electrons. The molecular formula is C13H17N3O4. The number of carbonyl (C=O) groups is 1. The van der Waals surface area contributed by atoms with Crippen LogP contribution in [0.3, 0.4) is 0 Å². The van der Waals surface area contributed by atoms with E-state index >= 15 is 0 Å². The first-order chi connectivity index (χ1) is 9.86. The maximum absolute atomic E-state index is 10.5. The van der Waals surface area contributed by atoms with E-state index < -0.39 is 0 Å². The summed E-state index contributed by atoms with van der Waals surface area (Å²) in [5.41, 5.74) is 8.65. The average Bonchev–Trinajstić information content (AvgIpc) is 2.50. The second-order valence-electron chi connectivity index (χ2n) is 3.71. The standard InChI is InChI=1S/C13H17N3O4/c14-16-15-5-6-18-7-8-19-9-10-20-13-3-1-12(11-17)2-4-13/h1-4,11H,5-10H2. The largest absolute Gasteiger partial charge is 0.491 e. The van der Waals surface area contributed by atoms with Crippen molar-refractivity contribution in [2.75, 3.05) is 39.6 Å². The molecule has 0 amide bonds. The Morgan fingerprint density at radius 2 is 1.70 bits per heavy atom. The third kappa shape index (κ3) is 7.38. The van der Waals surface area contributed by atoms with Crippen molar-refractivity contribution in [1.29, 1.82) is 0 Å². The topological polar surface area (TPSA) is 93.5 Å². The Hall–Kier alpha value is -2.08. The molecule has 7 heteroatoms. The van der Waals surface area contributed by atoms with Crippen LogP contribution in [0.2, 0.25) is 0 Å². The van der Waals surface area contributed by atoms with Gasteiger partial charge in [0.05, 0.1) is 26.4 Å². The molecule has 0 unspecified atom stereocenters. The molecule has 0 heterocycles. The molecule has 0 fully saturated rings. The average molecular weight is 279 g/mol. The zero-order valence-electron chi connectivity index (χ0n) is 11.1. The van der Waals surface area contributed by atoms with Gasteiger partial charge < -0.3 is 14.2 Å². The van der Waals surface area contributed by atoms with Crippen molar-refractivity contribution in [3.63, 3.8) is 0 Å². The van der Waals surface area contributed by atoms with Gasteiger partial charge in [0.15, 0.2) is 0 Å². The lowest BCUT2D eigenvalue weighted by molar-refractivity contribution is 0.0388. The molecule has 0 aliphatic rings. The van der Waals surface area contributed by atoms with Gasteiger partial charge in [0.25, 0.3) is 0 Å². The molecule has 0 aromatic heterocycles. The Bertz CT molecular complexity index is 430. The van der Waals surface area contributed by atoms with Crippen LogP contribution in [-0.2, 0) is 9.47 Å². The third-order valence-electron chi connectivity index (χ3n) is 2.28. The second kappa shape index (κ2) is 10.8. The summed E-state index contributed by atoms with van der Waals surface area (Å²) >= 11 is 0. The van der Waals surface area contributed by atoms with Gasteiger partial charge in [-0.3, -0.25) is 4.79 Å². The molecule has 0 atom stereocenters. The van der Waals surface area contributed by atoms with Crippen LogP contribution in [0, 0.1) is 0 Å². The zero-order valence-corrected chi connectivity index (χ0v) is 11.1. The van der Waals surface area contributed by atoms with E-state index in [1.807, 2.05) is 0 Å². The number of aldehydes is 1. The van der Waals surface area contributed by atoms with E-state index in [1.165, 1.54) is 0 Å². The lowest BCUT2D eigenvalue weighted by Gasteiger charge is -2.07. The van der Waals surface area contributed by atoms with E-state index in [0.29, 0.717) is 50.9 Å². The van der Waals surface area contributed by atoms with Gasteiger partial charge in [-0.2, -0.15) is 0 Å². The van der Waals surface area contributed by atoms with Crippen LogP contribution in [0.5, 0.6) is 5.75 Å². The number of azide groups is 1. The van der Waals surface area contributed by atoms with E-state index in [2.05, 4.69) is 10.0 Å². The fourth-order valence-corrected chi connectivity index (χ4v) is 1.33. The van der Waals surface area contributed by atoms with Crippen molar-refractivity contribution >= 4 is 6.29 Å². The number of hydrogen-bond acceptors (Lipinski definition) is 5. The van der Waals surface area contributed by atoms with Crippen molar-refractivity contribution in [1.82, 2.24) is 0 Å². The fraction of sp³-hybridized carbons (Fsp3) is 0.462. The van der Waals surface area contributed by atoms with Crippen LogP contribution in [0.4, 0.5) is 0 Å². The van der Waals surface area contributed by atoms with Gasteiger partial charge in [0.1, 0.15) is 18.6 Å². The Labute approximate surface area is 117 Å². The van der Waals surface area contributed by atoms with Crippen molar-refractivity contribution in [2.45, 2.75) is 0 Å². The van der Waals surface area contributed by atoms with Crippen LogP contribution in [-0.4, -0.2) is 45.9 Å². The van der Waals surface area contributed by atoms with Crippen molar-refractivity contribution in [3.8, 4) is 5.75 Å². The summed E-state index contributed by atoms with van der Waals surface area (Å²) in [5, 5.41) is 3.34. The molecule has 20 heavy (non-hydrogen) atoms. The summed E-state index contributed by atoms with van der Waals surface area (Å²) in [7, 11) is 0. The van der Waals surface area contributed by atoms with E-state index in [4.69, 9.17) is 19.7 Å². The van der Waals surface area contributed by atoms with Gasteiger partial charge in [-0.1, -0.05) is 5.11 Å². The lowest BCUT2D eigenvalue weighted by atomic mass is 10.2. The van der Waals surface area contributed by atoms with Gasteiger partial charge in [-0.05, 0) is 29.8 Å². The predicted octanol–water partition coefficient (Wildman–Crippen LogP) is 2.22. The van der Waals surface area contributed by atoms with E-state index in [9.17, 15) is 4.79 Å². The summed E-state index contributed by atoms with van der Waals surface area (Å²) in [6, 6.07) is 6.87. The highest BCUT2D eigenvalue weighted by Gasteiger charge is 1.95. The molecule has 108 valence electrons. The van der Waals surface area contributed by atoms with Crippen LogP contribution < -0.4 is 4.74 Å². The summed E-state index contributed by atoms with van der Waals surface area (Å²) < 4.78 is 15.9. The quantitative estimate of drug-likeness (QED) is 0.204. The highest BCUT2D eigenvalue weighted by atomic mass is 16.5. The minimum Gasteiger partial charge on any atom is -0.491 e. The third-order valence-corrected chi connectivity index (χ3v) is 2.28. The predicted molar refractivity (Wildman–Crippen MR) is 73.0 cm³/mol. The molecule has 0 aliphatic carbocycles. The Balaban J connectivity index is 1.96. The smallest absolute Gasteiger partial charge is 0.150 e. The molecule has 0 saturated carbocycles. The van der Waals surface area contributed by atoms with Crippen LogP contribution in [0.1, 0.15) is 10.4 Å². The number of benzene rings is 1. The van der Waals surface area contributed by atoms with Gasteiger partial charge in [-0.15, -0.1) is 0 Å². The number of ether oxygens (including phenoxy) is 3. The van der Waals surface area contributed by atoms with E-state index in [0.717, 1.165) is 6.29 Å². The molecule has 1 aromatic carbocycles. The lowest BCUT2D eigenvalue weighted by Crippen LogP contribution is -2.11. The minimum absolute atomic E-state index is 0.330. The van der Waals surface area contributed by atoms with Crippen molar-refractivity contribution in [2.24, 2.45) is 5.11 Å². The zero-order chi connectivity index (χ0) is 14.5. The molecule has 0 N–H and O–H groups in total. The highest BCUT2D eigenvalue weighted by molar-refractivity contribution is 5.74. The van der Waals surface area contributed by atoms with Gasteiger partial charge in [0.2, 0.25) is 0 Å². The SMILES string of the molecule is [N-]=[N+]=NCCOCCOCCOc1ccc(C=O)cc1. The Kier molecular flexibility index (Phi) is 8.63. The van der Waals surface area contributed by atoms with Crippen LogP contribution in [0.25, 0.3) is 10.4 Å². The molecule has 1 rings (SSSR count). The molecule has 7 nitrogen and oxygen atoms in total. The number of hydrogen-bond donors (Lipinski definition) is 0. The molecule has 1 aromatic rings. The first kappa shape index (κ1) is 16.0. The van der Waals surface area contributed by atoms with Crippen molar-refractivity contribution in [3.05, 3.63) is 40.3 Å². The molecule has 0 bridgehead atoms. The summed E-state index contributed by atoms with van der Waals surface area (Å²) in [4.78, 5) is 13.1. The van der Waals surface area contributed by atoms with E-state index in [1.54, 1.807) is 24.3 Å². The van der Waals surface area contributed by atoms with Crippen molar-refractivity contribution < 1.29 is 19.0 Å². The molecule has 0 spiro atoms. The first-order valence-electron chi connectivity index (χ1n) is 6.21. The molecular weight excluding hydrogens is 262 g/mol. The maximum Gasteiger partial charge on any atom is 0.150 e. The number of rotatable bonds is 11. The maximum atomic E-state index is 10.5. The minimum atomic E-state index is 0.330. The number of carbonyl (C=O) groups excluding carboxylic acids is 1. The Morgan fingerprint density at radius 1 is 1.05 bits per heavy atom. The Morgan fingerprint density at radius 3 is 2.35 bits per heavy atom. The highest BCUT2D eigenvalue weighted by Crippen LogP contribution is 2.10. The normalized spacial score (nSPS) is 9.80. The summed E-state index contributed by atoms with van der Waals surface area (Å²) in [6.07, 6.45) is 0.787. The summed E-state index contributed by atoms with van der Waals surface area (Å²) in [5.74, 6) is 0.699. The van der Waals surface area contributed by atoms with Gasteiger partial charge >= 0.3 is 0 Å². The van der Waals surface area contributed by atoms with Gasteiger partial charge in [0, 0.05) is 17.0 Å². The van der Waals surface area contributed by atoms with Crippen LogP contribution >= 0.6 is 0 Å². The number of nitrogens with zero attached hydrogens (tertiary/aromatic N) is 3. The van der Waals surface area contributed by atoms with E-state index in [-0.39, 0.29) is 0 Å². The van der Waals surface area contributed by atoms with Gasteiger partial charge in [-0.25, -0.2) is 0 Å². The summed E-state index contributed by atoms with van der Waals surface area (Å²) in [6.45, 7) is 2.52. The first-order valence-corrected chi connectivity index (χ1v) is 6.21. The molecule has 0 aliphatic heterocycles.